The van der Waals surface area contributed by atoms with Crippen LogP contribution in [0.5, 0.6) is 5.75 Å². The van der Waals surface area contributed by atoms with E-state index in [2.05, 4.69) is 5.32 Å². The summed E-state index contributed by atoms with van der Waals surface area (Å²) in [7, 11) is 1.87. The van der Waals surface area contributed by atoms with Crippen molar-refractivity contribution in [2.24, 2.45) is 5.92 Å². The van der Waals surface area contributed by atoms with Crippen molar-refractivity contribution in [3.8, 4) is 5.75 Å². The van der Waals surface area contributed by atoms with Crippen LogP contribution in [0.3, 0.4) is 0 Å². The molecule has 1 N–H and O–H groups in total. The third-order valence-electron chi connectivity index (χ3n) is 4.03. The highest BCUT2D eigenvalue weighted by Crippen LogP contribution is 2.20. The van der Waals surface area contributed by atoms with Gasteiger partial charge in [0.25, 0.3) is 0 Å². The van der Waals surface area contributed by atoms with Crippen LogP contribution in [-0.4, -0.2) is 37.6 Å². The number of carbonyl (C=O) groups is 1. The maximum Gasteiger partial charge on any atom is 0.222 e. The lowest BCUT2D eigenvalue weighted by Gasteiger charge is -2.20. The van der Waals surface area contributed by atoms with Gasteiger partial charge >= 0.3 is 0 Å². The first kappa shape index (κ1) is 18.8. The van der Waals surface area contributed by atoms with E-state index in [0.29, 0.717) is 25.5 Å². The van der Waals surface area contributed by atoms with E-state index in [4.69, 9.17) is 4.74 Å². The lowest BCUT2D eigenvalue weighted by Crippen LogP contribution is -2.27. The largest absolute Gasteiger partial charge is 0.494 e. The van der Waals surface area contributed by atoms with Crippen LogP contribution >= 0.6 is 12.4 Å². The Morgan fingerprint density at radius 1 is 1.41 bits per heavy atom. The van der Waals surface area contributed by atoms with E-state index in [1.54, 1.807) is 4.90 Å². The van der Waals surface area contributed by atoms with Gasteiger partial charge in [0, 0.05) is 25.6 Å². The van der Waals surface area contributed by atoms with E-state index < -0.39 is 0 Å². The molecule has 0 spiro atoms. The summed E-state index contributed by atoms with van der Waals surface area (Å²) in [5, 5.41) is 3.35. The normalized spacial score (nSPS) is 16.9. The Kier molecular flexibility index (Phi) is 8.28. The van der Waals surface area contributed by atoms with E-state index in [1.165, 1.54) is 6.42 Å². The topological polar surface area (TPSA) is 41.6 Å². The van der Waals surface area contributed by atoms with Gasteiger partial charge in [-0.15, -0.1) is 12.4 Å². The highest BCUT2D eigenvalue weighted by molar-refractivity contribution is 5.85. The number of hydrogen-bond acceptors (Lipinski definition) is 3. The first-order valence-corrected chi connectivity index (χ1v) is 7.86. The van der Waals surface area contributed by atoms with Crippen LogP contribution in [0.4, 0.5) is 0 Å². The minimum Gasteiger partial charge on any atom is -0.494 e. The molecule has 1 atom stereocenters. The van der Waals surface area contributed by atoms with E-state index in [-0.39, 0.29) is 18.3 Å². The van der Waals surface area contributed by atoms with Crippen molar-refractivity contribution in [3.05, 3.63) is 29.8 Å². The molecule has 0 radical (unpaired) electrons. The Bertz CT molecular complexity index is 462. The number of halogens is 1. The molecule has 0 bridgehead atoms. The molecule has 4 nitrogen and oxygen atoms in total. The van der Waals surface area contributed by atoms with Gasteiger partial charge < -0.3 is 15.0 Å². The molecule has 2 rings (SSSR count). The van der Waals surface area contributed by atoms with Crippen LogP contribution in [0.15, 0.2) is 24.3 Å². The fourth-order valence-electron chi connectivity index (χ4n) is 2.75. The molecule has 0 saturated carbocycles. The molecule has 1 aromatic rings. The number of ether oxygens (including phenoxy) is 1. The summed E-state index contributed by atoms with van der Waals surface area (Å²) in [5.74, 6) is 1.76. The van der Waals surface area contributed by atoms with Crippen molar-refractivity contribution in [1.82, 2.24) is 10.2 Å². The highest BCUT2D eigenvalue weighted by Gasteiger charge is 2.18. The second-order valence-corrected chi connectivity index (χ2v) is 5.69. The van der Waals surface area contributed by atoms with Gasteiger partial charge in [-0.2, -0.15) is 0 Å². The zero-order valence-corrected chi connectivity index (χ0v) is 14.3. The SMILES string of the molecule is CCOc1ccccc1CN(C)C(=O)CCC1CCNC1.Cl. The van der Waals surface area contributed by atoms with Crippen LogP contribution in [-0.2, 0) is 11.3 Å². The molecule has 1 amide bonds. The number of nitrogens with one attached hydrogen (secondary N) is 1. The van der Waals surface area contributed by atoms with Gasteiger partial charge in [0.1, 0.15) is 5.75 Å². The quantitative estimate of drug-likeness (QED) is 0.837. The first-order chi connectivity index (χ1) is 10.2. The van der Waals surface area contributed by atoms with E-state index in [0.717, 1.165) is 30.8 Å². The zero-order valence-electron chi connectivity index (χ0n) is 13.5. The van der Waals surface area contributed by atoms with Gasteiger partial charge in [-0.1, -0.05) is 18.2 Å². The van der Waals surface area contributed by atoms with E-state index in [1.807, 2.05) is 38.2 Å². The summed E-state index contributed by atoms with van der Waals surface area (Å²) < 4.78 is 5.61. The number of para-hydroxylation sites is 1. The van der Waals surface area contributed by atoms with Gasteiger partial charge in [-0.05, 0) is 44.8 Å². The minimum atomic E-state index is 0. The molecule has 0 aromatic heterocycles. The van der Waals surface area contributed by atoms with Crippen molar-refractivity contribution in [3.63, 3.8) is 0 Å². The van der Waals surface area contributed by atoms with Gasteiger partial charge in [0.15, 0.2) is 0 Å². The molecule has 124 valence electrons. The summed E-state index contributed by atoms with van der Waals surface area (Å²) in [6.45, 7) is 5.38. The molecule has 22 heavy (non-hydrogen) atoms. The Morgan fingerprint density at radius 2 is 2.18 bits per heavy atom. The summed E-state index contributed by atoms with van der Waals surface area (Å²) in [5.41, 5.74) is 1.07. The van der Waals surface area contributed by atoms with Crippen molar-refractivity contribution >= 4 is 18.3 Å². The molecule has 1 aromatic carbocycles. The third-order valence-corrected chi connectivity index (χ3v) is 4.03. The molecule has 1 saturated heterocycles. The molecule has 1 heterocycles. The fraction of sp³-hybridized carbons (Fsp3) is 0.588. The van der Waals surface area contributed by atoms with Gasteiger partial charge in [-0.3, -0.25) is 4.79 Å². The molecule has 1 unspecified atom stereocenters. The minimum absolute atomic E-state index is 0. The third kappa shape index (κ3) is 5.50. The molecule has 1 aliphatic rings. The lowest BCUT2D eigenvalue weighted by atomic mass is 10.0. The van der Waals surface area contributed by atoms with E-state index >= 15 is 0 Å². The second-order valence-electron chi connectivity index (χ2n) is 5.69. The lowest BCUT2D eigenvalue weighted by molar-refractivity contribution is -0.130. The number of carbonyl (C=O) groups excluding carboxylic acids is 1. The number of hydrogen-bond donors (Lipinski definition) is 1. The standard InChI is InChI=1S/C17H26N2O2.ClH/c1-3-21-16-7-5-4-6-15(16)13-19(2)17(20)9-8-14-10-11-18-12-14;/h4-7,14,18H,3,8-13H2,1-2H3;1H. The summed E-state index contributed by atoms with van der Waals surface area (Å²) in [6.07, 6.45) is 2.83. The van der Waals surface area contributed by atoms with Crippen LogP contribution in [0, 0.1) is 5.92 Å². The molecule has 1 aliphatic heterocycles. The van der Waals surface area contributed by atoms with Gasteiger partial charge in [-0.25, -0.2) is 0 Å². The van der Waals surface area contributed by atoms with Crippen molar-refractivity contribution in [2.45, 2.75) is 32.7 Å². The Morgan fingerprint density at radius 3 is 2.86 bits per heavy atom. The maximum absolute atomic E-state index is 12.2. The smallest absolute Gasteiger partial charge is 0.222 e. The van der Waals surface area contributed by atoms with Gasteiger partial charge in [0.2, 0.25) is 5.91 Å². The average molecular weight is 327 g/mol. The van der Waals surface area contributed by atoms with Crippen molar-refractivity contribution in [1.29, 1.82) is 0 Å². The van der Waals surface area contributed by atoms with Crippen molar-refractivity contribution < 1.29 is 9.53 Å². The van der Waals surface area contributed by atoms with Crippen molar-refractivity contribution in [2.75, 3.05) is 26.7 Å². The number of benzene rings is 1. The Hall–Kier alpha value is -1.26. The van der Waals surface area contributed by atoms with Gasteiger partial charge in [0.05, 0.1) is 6.61 Å². The fourth-order valence-corrected chi connectivity index (χ4v) is 2.75. The molecule has 1 fully saturated rings. The molecule has 0 aliphatic carbocycles. The van der Waals surface area contributed by atoms with Crippen LogP contribution in [0.1, 0.15) is 31.7 Å². The summed E-state index contributed by atoms with van der Waals surface area (Å²) in [6, 6.07) is 7.93. The van der Waals surface area contributed by atoms with Crippen LogP contribution < -0.4 is 10.1 Å². The highest BCUT2D eigenvalue weighted by atomic mass is 35.5. The summed E-state index contributed by atoms with van der Waals surface area (Å²) >= 11 is 0. The predicted octanol–water partition coefficient (Wildman–Crippen LogP) is 2.86. The average Bonchev–Trinajstić information content (AvgIpc) is 3.00. The number of amides is 1. The molecular weight excluding hydrogens is 300 g/mol. The Labute approximate surface area is 139 Å². The molecular formula is C17H27ClN2O2. The second kappa shape index (κ2) is 9.70. The number of rotatable bonds is 7. The van der Waals surface area contributed by atoms with E-state index in [9.17, 15) is 4.79 Å². The predicted molar refractivity (Wildman–Crippen MR) is 91.5 cm³/mol. The zero-order chi connectivity index (χ0) is 15.1. The van der Waals surface area contributed by atoms with Crippen LogP contribution in [0.25, 0.3) is 0 Å². The van der Waals surface area contributed by atoms with Crippen LogP contribution in [0.2, 0.25) is 0 Å². The Balaban J connectivity index is 0.00000242. The summed E-state index contributed by atoms with van der Waals surface area (Å²) in [4.78, 5) is 14.0. The maximum atomic E-state index is 12.2. The monoisotopic (exact) mass is 326 g/mol. The first-order valence-electron chi connectivity index (χ1n) is 7.86. The molecule has 5 heteroatoms. The number of nitrogens with zero attached hydrogens (tertiary/aromatic N) is 1.